The van der Waals surface area contributed by atoms with Crippen molar-refractivity contribution in [3.63, 3.8) is 0 Å². The van der Waals surface area contributed by atoms with Gasteiger partial charge in [-0.2, -0.15) is 28.2 Å². The van der Waals surface area contributed by atoms with E-state index in [0.717, 1.165) is 12.5 Å². The SMILES string of the molecule is Cc1nnc([C@]23C[C@@H](C)C[C@H](C2)N3C(=O)Nc2ccc(C(F)(F)F)c(-c3cnn(C)n3)c2)o1. The van der Waals surface area contributed by atoms with Crippen molar-refractivity contribution >= 4 is 11.7 Å². The second-order valence-corrected chi connectivity index (χ2v) is 8.84. The van der Waals surface area contributed by atoms with Gasteiger partial charge in [0, 0.05) is 37.7 Å². The van der Waals surface area contributed by atoms with Crippen molar-refractivity contribution in [3.8, 4) is 11.3 Å². The van der Waals surface area contributed by atoms with Crippen LogP contribution in [0.25, 0.3) is 11.3 Å². The number of nitrogens with one attached hydrogen (secondary N) is 1. The zero-order valence-electron chi connectivity index (χ0n) is 18.2. The fraction of sp³-hybridized carbons (Fsp3) is 0.476. The summed E-state index contributed by atoms with van der Waals surface area (Å²) in [6.45, 7) is 3.80. The number of hydrogen-bond donors (Lipinski definition) is 1. The lowest BCUT2D eigenvalue weighted by molar-refractivity contribution is -0.137. The number of likely N-dealkylation sites (tertiary alicyclic amines) is 1. The molecule has 2 aromatic heterocycles. The number of urea groups is 1. The molecule has 0 radical (unpaired) electrons. The van der Waals surface area contributed by atoms with Crippen molar-refractivity contribution < 1.29 is 22.4 Å². The summed E-state index contributed by atoms with van der Waals surface area (Å²) in [7, 11) is 1.52. The number of amides is 2. The summed E-state index contributed by atoms with van der Waals surface area (Å²) in [5.74, 6) is 1.18. The first-order chi connectivity index (χ1) is 15.6. The van der Waals surface area contributed by atoms with Gasteiger partial charge in [-0.1, -0.05) is 6.92 Å². The van der Waals surface area contributed by atoms with Crippen molar-refractivity contribution in [1.29, 1.82) is 0 Å². The number of aromatic nitrogens is 5. The molecule has 0 spiro atoms. The number of aryl methyl sites for hydroxylation is 2. The molecule has 174 valence electrons. The van der Waals surface area contributed by atoms with Crippen molar-refractivity contribution in [2.45, 2.75) is 50.9 Å². The molecular formula is C21H22F3N7O2. The van der Waals surface area contributed by atoms with Gasteiger partial charge >= 0.3 is 12.2 Å². The normalized spacial score (nSPS) is 24.5. The molecule has 2 fully saturated rings. The van der Waals surface area contributed by atoms with Gasteiger partial charge in [0.2, 0.25) is 11.8 Å². The van der Waals surface area contributed by atoms with Crippen molar-refractivity contribution in [2.24, 2.45) is 13.0 Å². The van der Waals surface area contributed by atoms with Crippen LogP contribution in [0.3, 0.4) is 0 Å². The predicted molar refractivity (Wildman–Crippen MR) is 110 cm³/mol. The molecule has 1 aliphatic heterocycles. The fourth-order valence-corrected chi connectivity index (χ4v) is 5.17. The second kappa shape index (κ2) is 7.29. The quantitative estimate of drug-likeness (QED) is 0.630. The second-order valence-electron chi connectivity index (χ2n) is 8.84. The average Bonchev–Trinajstić information content (AvgIpc) is 3.35. The lowest BCUT2D eigenvalue weighted by Crippen LogP contribution is -2.70. The van der Waals surface area contributed by atoms with Crippen molar-refractivity contribution in [3.05, 3.63) is 41.7 Å². The van der Waals surface area contributed by atoms with E-state index in [1.807, 2.05) is 0 Å². The molecule has 5 rings (SSSR count). The van der Waals surface area contributed by atoms with Crippen LogP contribution in [0.1, 0.15) is 43.5 Å². The summed E-state index contributed by atoms with van der Waals surface area (Å²) in [4.78, 5) is 16.2. The number of anilines is 1. The average molecular weight is 461 g/mol. The topological polar surface area (TPSA) is 102 Å². The first-order valence-electron chi connectivity index (χ1n) is 10.6. The summed E-state index contributed by atoms with van der Waals surface area (Å²) in [5.41, 5.74) is -1.42. The smallest absolute Gasteiger partial charge is 0.417 e. The molecule has 1 aliphatic carbocycles. The molecule has 33 heavy (non-hydrogen) atoms. The number of piperidine rings is 1. The summed E-state index contributed by atoms with van der Waals surface area (Å²) >= 11 is 0. The highest BCUT2D eigenvalue weighted by Gasteiger charge is 2.62. The number of rotatable bonds is 3. The molecule has 1 N–H and O–H groups in total. The van der Waals surface area contributed by atoms with E-state index >= 15 is 0 Å². The molecule has 9 nitrogen and oxygen atoms in total. The van der Waals surface area contributed by atoms with Crippen LogP contribution in [-0.4, -0.2) is 42.2 Å². The molecule has 3 aromatic rings. The van der Waals surface area contributed by atoms with Crippen molar-refractivity contribution in [2.75, 3.05) is 5.32 Å². The Balaban J connectivity index is 1.46. The molecule has 2 bridgehead atoms. The Labute approximate surface area is 187 Å². The third kappa shape index (κ3) is 3.53. The van der Waals surface area contributed by atoms with Gasteiger partial charge in [0.15, 0.2) is 0 Å². The zero-order valence-corrected chi connectivity index (χ0v) is 18.2. The van der Waals surface area contributed by atoms with Crippen LogP contribution in [0.5, 0.6) is 0 Å². The van der Waals surface area contributed by atoms with Crippen LogP contribution < -0.4 is 5.32 Å². The third-order valence-corrected chi connectivity index (χ3v) is 6.35. The first-order valence-corrected chi connectivity index (χ1v) is 10.6. The van der Waals surface area contributed by atoms with Gasteiger partial charge in [-0.25, -0.2) is 4.79 Å². The van der Waals surface area contributed by atoms with Gasteiger partial charge in [0.25, 0.3) is 0 Å². The number of hydrogen-bond acceptors (Lipinski definition) is 6. The summed E-state index contributed by atoms with van der Waals surface area (Å²) in [6.07, 6.45) is -1.11. The zero-order chi connectivity index (χ0) is 23.5. The van der Waals surface area contributed by atoms with Crippen LogP contribution in [0.2, 0.25) is 0 Å². The number of alkyl halides is 3. The van der Waals surface area contributed by atoms with Gasteiger partial charge in [-0.3, -0.25) is 0 Å². The van der Waals surface area contributed by atoms with Crippen molar-refractivity contribution in [1.82, 2.24) is 30.1 Å². The Morgan fingerprint density at radius 1 is 1.27 bits per heavy atom. The van der Waals surface area contributed by atoms with Gasteiger partial charge in [-0.05, 0) is 37.0 Å². The van der Waals surface area contributed by atoms with E-state index in [1.165, 1.54) is 30.2 Å². The van der Waals surface area contributed by atoms with E-state index in [0.29, 0.717) is 30.5 Å². The van der Waals surface area contributed by atoms with E-state index in [2.05, 4.69) is 32.6 Å². The van der Waals surface area contributed by atoms with Crippen LogP contribution in [0, 0.1) is 12.8 Å². The largest absolute Gasteiger partial charge is 0.423 e. The molecule has 2 amide bonds. The maximum Gasteiger partial charge on any atom is 0.417 e. The fourth-order valence-electron chi connectivity index (χ4n) is 5.17. The minimum absolute atomic E-state index is 0.00475. The molecule has 1 saturated heterocycles. The van der Waals surface area contributed by atoms with E-state index in [1.54, 1.807) is 11.8 Å². The Kier molecular flexibility index (Phi) is 4.73. The molecule has 3 heterocycles. The number of fused-ring (bicyclic) bond motifs is 2. The van der Waals surface area contributed by atoms with Gasteiger partial charge in [0.1, 0.15) is 11.2 Å². The van der Waals surface area contributed by atoms with Crippen LogP contribution in [0.4, 0.5) is 23.7 Å². The lowest BCUT2D eigenvalue weighted by Gasteiger charge is -2.61. The van der Waals surface area contributed by atoms with Crippen LogP contribution >= 0.6 is 0 Å². The Hall–Kier alpha value is -3.44. The highest BCUT2D eigenvalue weighted by atomic mass is 19.4. The molecule has 1 saturated carbocycles. The van der Waals surface area contributed by atoms with E-state index in [-0.39, 0.29) is 23.0 Å². The van der Waals surface area contributed by atoms with E-state index in [4.69, 9.17) is 4.42 Å². The van der Waals surface area contributed by atoms with Gasteiger partial charge < -0.3 is 14.6 Å². The van der Waals surface area contributed by atoms with E-state index in [9.17, 15) is 18.0 Å². The standard InChI is InChI=1S/C21H22F3N7O2/c1-11-6-14-9-20(8-11,18-28-27-12(2)33-18)31(14)19(32)26-13-4-5-16(21(22,23)24)15(7-13)17-10-25-30(3)29-17/h4-5,7,10-11,14H,6,8-9H2,1-3H3,(H,26,32)/t11-,14+,20-/m0/s1. The molecule has 2 aliphatic rings. The monoisotopic (exact) mass is 461 g/mol. The molecule has 3 atom stereocenters. The minimum Gasteiger partial charge on any atom is -0.423 e. The lowest BCUT2D eigenvalue weighted by atomic mass is 9.64. The Morgan fingerprint density at radius 3 is 2.70 bits per heavy atom. The van der Waals surface area contributed by atoms with Gasteiger partial charge in [0.05, 0.1) is 11.8 Å². The number of halogens is 3. The first kappa shape index (κ1) is 21.4. The maximum absolute atomic E-state index is 13.6. The summed E-state index contributed by atoms with van der Waals surface area (Å²) < 4.78 is 46.4. The van der Waals surface area contributed by atoms with Crippen LogP contribution in [0.15, 0.2) is 28.8 Å². The van der Waals surface area contributed by atoms with E-state index < -0.39 is 23.3 Å². The molecule has 0 unspecified atom stereocenters. The molecule has 1 aromatic carbocycles. The summed E-state index contributed by atoms with van der Waals surface area (Å²) in [5, 5.41) is 18.7. The van der Waals surface area contributed by atoms with Crippen LogP contribution in [-0.2, 0) is 18.8 Å². The minimum atomic E-state index is -4.58. The van der Waals surface area contributed by atoms with Gasteiger partial charge in [-0.15, -0.1) is 10.2 Å². The summed E-state index contributed by atoms with van der Waals surface area (Å²) in [6, 6.07) is 3.03. The molecule has 12 heteroatoms. The third-order valence-electron chi connectivity index (χ3n) is 6.35. The predicted octanol–water partition coefficient (Wildman–Crippen LogP) is 4.12. The highest BCUT2D eigenvalue weighted by molar-refractivity contribution is 5.92. The highest BCUT2D eigenvalue weighted by Crippen LogP contribution is 2.55. The number of carbonyl (C=O) groups is 1. The Morgan fingerprint density at radius 2 is 2.06 bits per heavy atom. The maximum atomic E-state index is 13.6. The number of carbonyl (C=O) groups excluding carboxylic acids is 1. The number of nitrogens with zero attached hydrogens (tertiary/aromatic N) is 6. The number of benzene rings is 1. The molecular weight excluding hydrogens is 439 g/mol. The Bertz CT molecular complexity index is 1220.